The van der Waals surface area contributed by atoms with E-state index in [1.54, 1.807) is 27.9 Å². The maximum absolute atomic E-state index is 10.9. The lowest BCUT2D eigenvalue weighted by atomic mass is 10.2. The van der Waals surface area contributed by atoms with Crippen LogP contribution in [0.5, 0.6) is 0 Å². The van der Waals surface area contributed by atoms with Crippen molar-refractivity contribution in [2.75, 3.05) is 14.1 Å². The van der Waals surface area contributed by atoms with E-state index in [0.717, 1.165) is 0 Å². The van der Waals surface area contributed by atoms with Crippen molar-refractivity contribution in [1.82, 2.24) is 15.8 Å². The topological polar surface area (TPSA) is 61.4 Å². The third kappa shape index (κ3) is 3.80. The summed E-state index contributed by atoms with van der Waals surface area (Å²) in [6.07, 6.45) is 0. The summed E-state index contributed by atoms with van der Waals surface area (Å²) in [6.45, 7) is 3.49. The Morgan fingerprint density at radius 1 is 1.17 bits per heavy atom. The van der Waals surface area contributed by atoms with Crippen molar-refractivity contribution in [3.63, 3.8) is 0 Å². The lowest BCUT2D eigenvalue weighted by molar-refractivity contribution is -0.124. The minimum absolute atomic E-state index is 0.132. The number of hydrogen-bond donors (Lipinski definition) is 2. The van der Waals surface area contributed by atoms with E-state index in [9.17, 15) is 9.59 Å². The number of hydrazine groups is 1. The summed E-state index contributed by atoms with van der Waals surface area (Å²) in [4.78, 5) is 23.1. The van der Waals surface area contributed by atoms with Crippen LogP contribution >= 0.6 is 0 Å². The average molecular weight is 173 g/mol. The highest BCUT2D eigenvalue weighted by atomic mass is 16.2. The number of hydrogen-bond acceptors (Lipinski definition) is 2. The fraction of sp³-hybridized carbons (Fsp3) is 0.714. The molecule has 5 heteroatoms. The van der Waals surface area contributed by atoms with Gasteiger partial charge >= 0.3 is 6.03 Å². The molecule has 0 aromatic heterocycles. The standard InChI is InChI=1S/C7H15N3O2/c1-5(2)6(11)8-9-7(12)10(3)4/h5H,1-4H3,(H,8,11)(H,9,12). The van der Waals surface area contributed by atoms with Crippen LogP contribution in [0.2, 0.25) is 0 Å². The molecule has 0 aliphatic rings. The molecule has 0 unspecified atom stereocenters. The summed E-state index contributed by atoms with van der Waals surface area (Å²) in [5.41, 5.74) is 4.53. The van der Waals surface area contributed by atoms with Gasteiger partial charge in [0.05, 0.1) is 0 Å². The molecule has 0 aliphatic carbocycles. The van der Waals surface area contributed by atoms with Crippen LogP contribution in [-0.2, 0) is 4.79 Å². The zero-order chi connectivity index (χ0) is 9.72. The molecule has 0 atom stereocenters. The van der Waals surface area contributed by atoms with Crippen molar-refractivity contribution in [2.24, 2.45) is 5.92 Å². The van der Waals surface area contributed by atoms with Gasteiger partial charge in [-0.2, -0.15) is 0 Å². The summed E-state index contributed by atoms with van der Waals surface area (Å²) < 4.78 is 0. The smallest absolute Gasteiger partial charge is 0.330 e. The molecule has 0 rings (SSSR count). The molecule has 12 heavy (non-hydrogen) atoms. The van der Waals surface area contributed by atoms with E-state index in [4.69, 9.17) is 0 Å². The Morgan fingerprint density at radius 2 is 1.67 bits per heavy atom. The Hall–Kier alpha value is -1.26. The summed E-state index contributed by atoms with van der Waals surface area (Å²) in [5, 5.41) is 0. The molecule has 0 heterocycles. The molecule has 0 saturated carbocycles. The summed E-state index contributed by atoms with van der Waals surface area (Å²) in [5.74, 6) is -0.335. The van der Waals surface area contributed by atoms with Crippen molar-refractivity contribution in [3.05, 3.63) is 0 Å². The molecule has 5 nitrogen and oxygen atoms in total. The summed E-state index contributed by atoms with van der Waals surface area (Å²) in [7, 11) is 3.19. The van der Waals surface area contributed by atoms with Gasteiger partial charge in [-0.15, -0.1) is 0 Å². The molecular weight excluding hydrogens is 158 g/mol. The highest BCUT2D eigenvalue weighted by Crippen LogP contribution is 1.88. The van der Waals surface area contributed by atoms with E-state index in [0.29, 0.717) is 0 Å². The highest BCUT2D eigenvalue weighted by molar-refractivity contribution is 5.81. The van der Waals surface area contributed by atoms with E-state index in [1.165, 1.54) is 4.90 Å². The molecule has 0 spiro atoms. The lowest BCUT2D eigenvalue weighted by Crippen LogP contribution is -2.47. The summed E-state index contributed by atoms with van der Waals surface area (Å²) in [6, 6.07) is -0.344. The first-order valence-electron chi connectivity index (χ1n) is 3.72. The van der Waals surface area contributed by atoms with E-state index < -0.39 is 0 Å². The predicted molar refractivity (Wildman–Crippen MR) is 45.2 cm³/mol. The average Bonchev–Trinajstić information content (AvgIpc) is 1.98. The molecule has 0 fully saturated rings. The number of carbonyl (C=O) groups is 2. The van der Waals surface area contributed by atoms with Crippen molar-refractivity contribution in [3.8, 4) is 0 Å². The Labute approximate surface area is 72.1 Å². The number of carbonyl (C=O) groups excluding carboxylic acids is 2. The second-order valence-electron chi connectivity index (χ2n) is 2.97. The third-order valence-corrected chi connectivity index (χ3v) is 1.22. The monoisotopic (exact) mass is 173 g/mol. The molecule has 2 N–H and O–H groups in total. The maximum Gasteiger partial charge on any atom is 0.335 e. The molecule has 0 aromatic carbocycles. The Balaban J connectivity index is 3.69. The number of nitrogens with zero attached hydrogens (tertiary/aromatic N) is 1. The SMILES string of the molecule is CC(C)C(=O)NNC(=O)N(C)C. The van der Waals surface area contributed by atoms with E-state index in [-0.39, 0.29) is 17.9 Å². The Morgan fingerprint density at radius 3 is 2.00 bits per heavy atom. The molecule has 0 aliphatic heterocycles. The lowest BCUT2D eigenvalue weighted by Gasteiger charge is -2.13. The van der Waals surface area contributed by atoms with E-state index in [2.05, 4.69) is 10.9 Å². The first-order chi connectivity index (χ1) is 5.45. The maximum atomic E-state index is 10.9. The van der Waals surface area contributed by atoms with Crippen LogP contribution in [0.4, 0.5) is 4.79 Å². The van der Waals surface area contributed by atoms with Gasteiger partial charge in [-0.25, -0.2) is 10.2 Å². The summed E-state index contributed by atoms with van der Waals surface area (Å²) >= 11 is 0. The van der Waals surface area contributed by atoms with Crippen molar-refractivity contribution in [2.45, 2.75) is 13.8 Å². The van der Waals surface area contributed by atoms with Gasteiger partial charge in [-0.05, 0) is 0 Å². The minimum Gasteiger partial charge on any atom is -0.330 e. The van der Waals surface area contributed by atoms with Gasteiger partial charge in [0.25, 0.3) is 0 Å². The van der Waals surface area contributed by atoms with Crippen LogP contribution in [-0.4, -0.2) is 30.9 Å². The van der Waals surface area contributed by atoms with Crippen LogP contribution in [0.1, 0.15) is 13.8 Å². The molecule has 0 saturated heterocycles. The van der Waals surface area contributed by atoms with Crippen LogP contribution in [0.25, 0.3) is 0 Å². The van der Waals surface area contributed by atoms with Crippen LogP contribution in [0.15, 0.2) is 0 Å². The van der Waals surface area contributed by atoms with E-state index >= 15 is 0 Å². The second kappa shape index (κ2) is 4.58. The van der Waals surface area contributed by atoms with Crippen molar-refractivity contribution in [1.29, 1.82) is 0 Å². The molecular formula is C7H15N3O2. The van der Waals surface area contributed by atoms with Gasteiger partial charge < -0.3 is 4.90 Å². The highest BCUT2D eigenvalue weighted by Gasteiger charge is 2.08. The quantitative estimate of drug-likeness (QED) is 0.546. The van der Waals surface area contributed by atoms with Gasteiger partial charge in [0, 0.05) is 20.0 Å². The van der Waals surface area contributed by atoms with Crippen LogP contribution in [0, 0.1) is 5.92 Å². The number of urea groups is 1. The fourth-order valence-electron chi connectivity index (χ4n) is 0.371. The number of rotatable bonds is 1. The third-order valence-electron chi connectivity index (χ3n) is 1.22. The molecule has 0 aromatic rings. The fourth-order valence-corrected chi connectivity index (χ4v) is 0.371. The van der Waals surface area contributed by atoms with E-state index in [1.807, 2.05) is 0 Å². The van der Waals surface area contributed by atoms with Crippen LogP contribution < -0.4 is 10.9 Å². The van der Waals surface area contributed by atoms with Crippen molar-refractivity contribution < 1.29 is 9.59 Å². The Bertz CT molecular complexity index is 157. The minimum atomic E-state index is -0.344. The molecule has 70 valence electrons. The molecule has 0 bridgehead atoms. The first-order valence-corrected chi connectivity index (χ1v) is 3.72. The van der Waals surface area contributed by atoms with Gasteiger partial charge in [-0.3, -0.25) is 10.2 Å². The number of amides is 3. The van der Waals surface area contributed by atoms with Gasteiger partial charge in [0.15, 0.2) is 0 Å². The van der Waals surface area contributed by atoms with Gasteiger partial charge in [0.2, 0.25) is 5.91 Å². The van der Waals surface area contributed by atoms with Gasteiger partial charge in [0.1, 0.15) is 0 Å². The Kier molecular flexibility index (Phi) is 4.10. The first kappa shape index (κ1) is 10.7. The van der Waals surface area contributed by atoms with Crippen LogP contribution in [0.3, 0.4) is 0 Å². The predicted octanol–water partition coefficient (Wildman–Crippen LogP) is -0.0552. The zero-order valence-electron chi connectivity index (χ0n) is 7.84. The second-order valence-corrected chi connectivity index (χ2v) is 2.97. The normalized spacial score (nSPS) is 9.42. The molecule has 0 radical (unpaired) electrons. The molecule has 3 amide bonds. The van der Waals surface area contributed by atoms with Crippen molar-refractivity contribution >= 4 is 11.9 Å². The largest absolute Gasteiger partial charge is 0.335 e. The number of nitrogens with one attached hydrogen (secondary N) is 2. The van der Waals surface area contributed by atoms with Gasteiger partial charge in [-0.1, -0.05) is 13.8 Å². The zero-order valence-corrected chi connectivity index (χ0v) is 7.84.